The summed E-state index contributed by atoms with van der Waals surface area (Å²) in [6.07, 6.45) is -4.43. The van der Waals surface area contributed by atoms with E-state index in [4.69, 9.17) is 4.74 Å². The second-order valence-corrected chi connectivity index (χ2v) is 6.27. The summed E-state index contributed by atoms with van der Waals surface area (Å²) < 4.78 is 47.1. The Bertz CT molecular complexity index is 926. The summed E-state index contributed by atoms with van der Waals surface area (Å²) in [5.74, 6) is 0.699. The zero-order chi connectivity index (χ0) is 18.4. The lowest BCUT2D eigenvalue weighted by atomic mass is 10.0. The van der Waals surface area contributed by atoms with Crippen LogP contribution in [0.25, 0.3) is 22.2 Å². The molecule has 0 N–H and O–H groups in total. The summed E-state index contributed by atoms with van der Waals surface area (Å²) in [4.78, 5) is 0. The van der Waals surface area contributed by atoms with Crippen molar-refractivity contribution in [1.29, 1.82) is 0 Å². The van der Waals surface area contributed by atoms with Gasteiger partial charge in [-0.05, 0) is 50.6 Å². The van der Waals surface area contributed by atoms with E-state index < -0.39 is 11.7 Å². The maximum absolute atomic E-state index is 13.5. The number of para-hydroxylation sites is 1. The second-order valence-electron chi connectivity index (χ2n) is 6.27. The third kappa shape index (κ3) is 2.97. The molecular formula is C19H19F3N2O. The summed E-state index contributed by atoms with van der Waals surface area (Å²) >= 11 is 0. The molecule has 6 heteroatoms. The molecule has 0 saturated carbocycles. The van der Waals surface area contributed by atoms with Gasteiger partial charge < -0.3 is 4.74 Å². The van der Waals surface area contributed by atoms with Crippen LogP contribution in [0.5, 0.6) is 5.75 Å². The minimum atomic E-state index is -4.43. The van der Waals surface area contributed by atoms with Gasteiger partial charge in [0.25, 0.3) is 0 Å². The van der Waals surface area contributed by atoms with Gasteiger partial charge in [0, 0.05) is 17.0 Å². The molecule has 3 nitrogen and oxygen atoms in total. The lowest BCUT2D eigenvalue weighted by Crippen LogP contribution is -2.10. The van der Waals surface area contributed by atoms with Crippen molar-refractivity contribution in [3.05, 3.63) is 47.5 Å². The maximum Gasteiger partial charge on any atom is 0.418 e. The number of aryl methyl sites for hydroxylation is 1. The fourth-order valence-electron chi connectivity index (χ4n) is 3.02. The molecule has 0 unspecified atom stereocenters. The van der Waals surface area contributed by atoms with Crippen LogP contribution < -0.4 is 4.74 Å². The first-order chi connectivity index (χ1) is 11.7. The summed E-state index contributed by atoms with van der Waals surface area (Å²) in [6.45, 7) is 5.54. The number of ether oxygens (including phenoxy) is 1. The van der Waals surface area contributed by atoms with Crippen LogP contribution >= 0.6 is 0 Å². The normalized spacial score (nSPS) is 12.2. The Morgan fingerprint density at radius 3 is 2.40 bits per heavy atom. The standard InChI is InChI=1S/C19H19F3N2O/c1-11(2)24-18-15(6-5-7-16(18)19(20,21)22)17(23-24)14-9-8-13(25-4)10-12(14)3/h5-11H,1-4H3. The molecule has 2 aromatic carbocycles. The van der Waals surface area contributed by atoms with Crippen molar-refractivity contribution in [2.75, 3.05) is 7.11 Å². The van der Waals surface area contributed by atoms with Gasteiger partial charge in [0.2, 0.25) is 0 Å². The average molecular weight is 348 g/mol. The van der Waals surface area contributed by atoms with Gasteiger partial charge in [-0.25, -0.2) is 0 Å². The Hall–Kier alpha value is -2.50. The molecule has 0 bridgehead atoms. The third-order valence-corrected chi connectivity index (χ3v) is 4.21. The van der Waals surface area contributed by atoms with E-state index in [2.05, 4.69) is 5.10 Å². The van der Waals surface area contributed by atoms with Crippen LogP contribution in [0.1, 0.15) is 31.0 Å². The number of aromatic nitrogens is 2. The van der Waals surface area contributed by atoms with E-state index in [0.29, 0.717) is 16.8 Å². The Labute approximate surface area is 144 Å². The number of methoxy groups -OCH3 is 1. The summed E-state index contributed by atoms with van der Waals surface area (Å²) in [5.41, 5.74) is 1.70. The van der Waals surface area contributed by atoms with E-state index >= 15 is 0 Å². The highest BCUT2D eigenvalue weighted by Crippen LogP contribution is 2.40. The number of rotatable bonds is 3. The van der Waals surface area contributed by atoms with E-state index in [9.17, 15) is 13.2 Å². The molecule has 0 amide bonds. The predicted octanol–water partition coefficient (Wildman–Crippen LogP) is 5.62. The lowest BCUT2D eigenvalue weighted by Gasteiger charge is -2.12. The van der Waals surface area contributed by atoms with Crippen molar-refractivity contribution < 1.29 is 17.9 Å². The quantitative estimate of drug-likeness (QED) is 0.614. The Kier molecular flexibility index (Phi) is 4.22. The summed E-state index contributed by atoms with van der Waals surface area (Å²) in [7, 11) is 1.58. The average Bonchev–Trinajstić information content (AvgIpc) is 2.93. The fourth-order valence-corrected chi connectivity index (χ4v) is 3.02. The molecule has 0 aliphatic carbocycles. The fraction of sp³-hybridized carbons (Fsp3) is 0.316. The molecule has 0 saturated heterocycles. The molecule has 1 heterocycles. The molecule has 3 aromatic rings. The van der Waals surface area contributed by atoms with E-state index in [0.717, 1.165) is 17.2 Å². The van der Waals surface area contributed by atoms with Gasteiger partial charge >= 0.3 is 6.18 Å². The highest BCUT2D eigenvalue weighted by Gasteiger charge is 2.35. The third-order valence-electron chi connectivity index (χ3n) is 4.21. The van der Waals surface area contributed by atoms with E-state index in [-0.39, 0.29) is 11.6 Å². The molecule has 132 valence electrons. The molecule has 0 aliphatic rings. The maximum atomic E-state index is 13.5. The number of hydrogen-bond donors (Lipinski definition) is 0. The largest absolute Gasteiger partial charge is 0.497 e. The van der Waals surface area contributed by atoms with Crippen LogP contribution in [-0.4, -0.2) is 16.9 Å². The number of alkyl halides is 3. The Balaban J connectivity index is 2.35. The molecule has 0 atom stereocenters. The van der Waals surface area contributed by atoms with Crippen molar-refractivity contribution in [1.82, 2.24) is 9.78 Å². The predicted molar refractivity (Wildman–Crippen MR) is 91.8 cm³/mol. The van der Waals surface area contributed by atoms with Gasteiger partial charge in [-0.15, -0.1) is 0 Å². The highest BCUT2D eigenvalue weighted by atomic mass is 19.4. The number of hydrogen-bond acceptors (Lipinski definition) is 2. The number of fused-ring (bicyclic) bond motifs is 1. The topological polar surface area (TPSA) is 27.1 Å². The first-order valence-corrected chi connectivity index (χ1v) is 7.97. The van der Waals surface area contributed by atoms with Crippen LogP contribution in [0.3, 0.4) is 0 Å². The van der Waals surface area contributed by atoms with E-state index in [1.807, 2.05) is 32.9 Å². The van der Waals surface area contributed by atoms with Gasteiger partial charge in [0.1, 0.15) is 11.4 Å². The van der Waals surface area contributed by atoms with Crippen LogP contribution in [0, 0.1) is 6.92 Å². The molecule has 0 spiro atoms. The van der Waals surface area contributed by atoms with Gasteiger partial charge in [-0.2, -0.15) is 18.3 Å². The SMILES string of the molecule is COc1ccc(-c2nn(C(C)C)c3c(C(F)(F)F)cccc23)c(C)c1. The minimum Gasteiger partial charge on any atom is -0.497 e. The molecule has 0 fully saturated rings. The smallest absolute Gasteiger partial charge is 0.418 e. The zero-order valence-corrected chi connectivity index (χ0v) is 14.5. The Morgan fingerprint density at radius 1 is 1.12 bits per heavy atom. The molecule has 0 radical (unpaired) electrons. The number of benzene rings is 2. The van der Waals surface area contributed by atoms with Gasteiger partial charge in [-0.1, -0.05) is 12.1 Å². The summed E-state index contributed by atoms with van der Waals surface area (Å²) in [5, 5.41) is 5.02. The molecule has 3 rings (SSSR count). The number of halogens is 3. The molecule has 0 aliphatic heterocycles. The molecule has 1 aromatic heterocycles. The van der Waals surface area contributed by atoms with Gasteiger partial charge in [-0.3, -0.25) is 4.68 Å². The van der Waals surface area contributed by atoms with Gasteiger partial charge in [0.15, 0.2) is 0 Å². The van der Waals surface area contributed by atoms with E-state index in [1.165, 1.54) is 10.7 Å². The van der Waals surface area contributed by atoms with Crippen molar-refractivity contribution in [2.24, 2.45) is 0 Å². The monoisotopic (exact) mass is 348 g/mol. The van der Waals surface area contributed by atoms with Crippen molar-refractivity contribution in [3.63, 3.8) is 0 Å². The van der Waals surface area contributed by atoms with Crippen LogP contribution in [0.4, 0.5) is 13.2 Å². The zero-order valence-electron chi connectivity index (χ0n) is 14.5. The van der Waals surface area contributed by atoms with Crippen LogP contribution in [-0.2, 0) is 6.18 Å². The lowest BCUT2D eigenvalue weighted by molar-refractivity contribution is -0.136. The number of nitrogens with zero attached hydrogens (tertiary/aromatic N) is 2. The second kappa shape index (κ2) is 6.10. The minimum absolute atomic E-state index is 0.121. The van der Waals surface area contributed by atoms with Crippen molar-refractivity contribution in [3.8, 4) is 17.0 Å². The van der Waals surface area contributed by atoms with E-state index in [1.54, 1.807) is 19.2 Å². The highest BCUT2D eigenvalue weighted by molar-refractivity contribution is 5.96. The van der Waals surface area contributed by atoms with Crippen molar-refractivity contribution in [2.45, 2.75) is 33.0 Å². The Morgan fingerprint density at radius 2 is 1.84 bits per heavy atom. The first kappa shape index (κ1) is 17.3. The molecule has 25 heavy (non-hydrogen) atoms. The summed E-state index contributed by atoms with van der Waals surface area (Å²) in [6, 6.07) is 9.50. The molecular weight excluding hydrogens is 329 g/mol. The van der Waals surface area contributed by atoms with Gasteiger partial charge in [0.05, 0.1) is 18.2 Å². The van der Waals surface area contributed by atoms with Crippen LogP contribution in [0.2, 0.25) is 0 Å². The first-order valence-electron chi connectivity index (χ1n) is 7.97. The van der Waals surface area contributed by atoms with Crippen LogP contribution in [0.15, 0.2) is 36.4 Å². The van der Waals surface area contributed by atoms with Crippen molar-refractivity contribution >= 4 is 10.9 Å².